The molecule has 4 nitrogen and oxygen atoms in total. The number of nitrogens with zero attached hydrogens (tertiary/aromatic N) is 1. The van der Waals surface area contributed by atoms with E-state index in [9.17, 15) is 14.7 Å². The summed E-state index contributed by atoms with van der Waals surface area (Å²) in [5.74, 6) is -0.153. The fourth-order valence-electron chi connectivity index (χ4n) is 3.14. The first kappa shape index (κ1) is 13.4. The lowest BCUT2D eigenvalue weighted by Gasteiger charge is -2.20. The molecule has 0 aromatic heterocycles. The van der Waals surface area contributed by atoms with Crippen molar-refractivity contribution in [2.24, 2.45) is 23.7 Å². The summed E-state index contributed by atoms with van der Waals surface area (Å²) in [5.41, 5.74) is 0. The lowest BCUT2D eigenvalue weighted by molar-refractivity contribution is -0.143. The number of rotatable bonds is 5. The molecule has 3 atom stereocenters. The van der Waals surface area contributed by atoms with Gasteiger partial charge in [-0.2, -0.15) is 0 Å². The smallest absolute Gasteiger partial charge is 0.308 e. The molecule has 0 aromatic carbocycles. The second-order valence-electron chi connectivity index (χ2n) is 5.88. The van der Waals surface area contributed by atoms with Crippen LogP contribution >= 0.6 is 0 Å². The number of carbonyl (C=O) groups excluding carboxylic acids is 1. The molecule has 1 amide bonds. The second kappa shape index (κ2) is 5.29. The Balaban J connectivity index is 1.99. The Labute approximate surface area is 108 Å². The Hall–Kier alpha value is -1.06. The Morgan fingerprint density at radius 1 is 1.33 bits per heavy atom. The van der Waals surface area contributed by atoms with E-state index >= 15 is 0 Å². The molecule has 2 fully saturated rings. The van der Waals surface area contributed by atoms with E-state index in [1.807, 2.05) is 6.92 Å². The molecule has 0 spiro atoms. The van der Waals surface area contributed by atoms with Crippen LogP contribution in [0.3, 0.4) is 0 Å². The maximum Gasteiger partial charge on any atom is 0.308 e. The molecular weight excluding hydrogens is 230 g/mol. The van der Waals surface area contributed by atoms with Crippen LogP contribution < -0.4 is 0 Å². The van der Waals surface area contributed by atoms with Crippen molar-refractivity contribution < 1.29 is 14.7 Å². The van der Waals surface area contributed by atoms with Gasteiger partial charge >= 0.3 is 5.97 Å². The van der Waals surface area contributed by atoms with E-state index in [0.29, 0.717) is 19.0 Å². The van der Waals surface area contributed by atoms with Gasteiger partial charge in [-0.3, -0.25) is 9.59 Å². The van der Waals surface area contributed by atoms with Gasteiger partial charge in [0.1, 0.15) is 0 Å². The monoisotopic (exact) mass is 253 g/mol. The Bertz CT molecular complexity index is 338. The second-order valence-corrected chi connectivity index (χ2v) is 5.88. The summed E-state index contributed by atoms with van der Waals surface area (Å²) in [5, 5.41) is 9.26. The van der Waals surface area contributed by atoms with Crippen LogP contribution in [0.1, 0.15) is 39.5 Å². The standard InChI is InChI=1S/C14H23NO3/c1-3-4-9(2)13(16)15-7-11(10-5-6-10)12(8-15)14(17)18/h9-12H,3-8H2,1-2H3,(H,17,18)/t9?,11-,12+/m1/s1. The fourth-order valence-corrected chi connectivity index (χ4v) is 3.14. The summed E-state index contributed by atoms with van der Waals surface area (Å²) in [6.07, 6.45) is 4.16. The average Bonchev–Trinajstić information content (AvgIpc) is 3.07. The molecule has 1 aliphatic carbocycles. The first-order chi connectivity index (χ1) is 8.54. The maximum absolute atomic E-state index is 12.2. The molecular formula is C14H23NO3. The number of carboxylic acids is 1. The highest BCUT2D eigenvalue weighted by molar-refractivity contribution is 5.80. The van der Waals surface area contributed by atoms with Gasteiger partial charge in [0.25, 0.3) is 0 Å². The van der Waals surface area contributed by atoms with Gasteiger partial charge < -0.3 is 10.0 Å². The topological polar surface area (TPSA) is 57.6 Å². The zero-order chi connectivity index (χ0) is 13.3. The zero-order valence-electron chi connectivity index (χ0n) is 11.3. The third-order valence-corrected chi connectivity index (χ3v) is 4.36. The summed E-state index contributed by atoms with van der Waals surface area (Å²) in [4.78, 5) is 25.3. The van der Waals surface area contributed by atoms with E-state index in [1.165, 1.54) is 0 Å². The van der Waals surface area contributed by atoms with Crippen molar-refractivity contribution in [3.8, 4) is 0 Å². The normalized spacial score (nSPS) is 29.3. The number of hydrogen-bond donors (Lipinski definition) is 1. The Kier molecular flexibility index (Phi) is 3.93. The quantitative estimate of drug-likeness (QED) is 0.815. The highest BCUT2D eigenvalue weighted by Crippen LogP contribution is 2.44. The van der Waals surface area contributed by atoms with Gasteiger partial charge in [-0.15, -0.1) is 0 Å². The van der Waals surface area contributed by atoms with Crippen LogP contribution in [0.2, 0.25) is 0 Å². The molecule has 1 aliphatic heterocycles. The van der Waals surface area contributed by atoms with E-state index in [1.54, 1.807) is 4.90 Å². The SMILES string of the molecule is CCCC(C)C(=O)N1C[C@H](C(=O)O)[C@@H](C2CC2)C1. The van der Waals surface area contributed by atoms with Gasteiger partial charge in [-0.25, -0.2) is 0 Å². The highest BCUT2D eigenvalue weighted by Gasteiger charge is 2.47. The first-order valence-electron chi connectivity index (χ1n) is 7.06. The van der Waals surface area contributed by atoms with Crippen LogP contribution in [0.5, 0.6) is 0 Å². The van der Waals surface area contributed by atoms with Crippen LogP contribution in [0.25, 0.3) is 0 Å². The molecule has 18 heavy (non-hydrogen) atoms. The lowest BCUT2D eigenvalue weighted by Crippen LogP contribution is -2.34. The van der Waals surface area contributed by atoms with Gasteiger partial charge in [-0.1, -0.05) is 20.3 Å². The lowest BCUT2D eigenvalue weighted by atomic mass is 9.92. The minimum absolute atomic E-state index is 0.0300. The van der Waals surface area contributed by atoms with Crippen molar-refractivity contribution in [1.29, 1.82) is 0 Å². The molecule has 1 unspecified atom stereocenters. The van der Waals surface area contributed by atoms with Crippen molar-refractivity contribution in [3.63, 3.8) is 0 Å². The van der Waals surface area contributed by atoms with Crippen molar-refractivity contribution >= 4 is 11.9 Å². The number of aliphatic carboxylic acids is 1. The van der Waals surface area contributed by atoms with Crippen LogP contribution in [0, 0.1) is 23.7 Å². The fraction of sp³-hybridized carbons (Fsp3) is 0.857. The largest absolute Gasteiger partial charge is 0.481 e. The average molecular weight is 253 g/mol. The van der Waals surface area contributed by atoms with Gasteiger partial charge in [0.2, 0.25) is 5.91 Å². The van der Waals surface area contributed by atoms with Gasteiger partial charge in [0.15, 0.2) is 0 Å². The van der Waals surface area contributed by atoms with Gasteiger partial charge in [-0.05, 0) is 31.1 Å². The molecule has 2 rings (SSSR count). The predicted molar refractivity (Wildman–Crippen MR) is 68.0 cm³/mol. The molecule has 2 aliphatic rings. The van der Waals surface area contributed by atoms with Gasteiger partial charge in [0.05, 0.1) is 5.92 Å². The number of hydrogen-bond acceptors (Lipinski definition) is 2. The van der Waals surface area contributed by atoms with E-state index in [2.05, 4.69) is 6.92 Å². The molecule has 0 radical (unpaired) electrons. The maximum atomic E-state index is 12.2. The highest BCUT2D eigenvalue weighted by atomic mass is 16.4. The van der Waals surface area contributed by atoms with E-state index < -0.39 is 5.97 Å². The zero-order valence-corrected chi connectivity index (χ0v) is 11.3. The number of amides is 1. The summed E-state index contributed by atoms with van der Waals surface area (Å²) in [7, 11) is 0. The van der Waals surface area contributed by atoms with Gasteiger partial charge in [0, 0.05) is 19.0 Å². The van der Waals surface area contributed by atoms with Crippen molar-refractivity contribution in [2.75, 3.05) is 13.1 Å². The Morgan fingerprint density at radius 2 is 2.00 bits per heavy atom. The summed E-state index contributed by atoms with van der Waals surface area (Å²) >= 11 is 0. The third-order valence-electron chi connectivity index (χ3n) is 4.36. The van der Waals surface area contributed by atoms with E-state index in [4.69, 9.17) is 0 Å². The summed E-state index contributed by atoms with van der Waals surface area (Å²) < 4.78 is 0. The molecule has 1 heterocycles. The van der Waals surface area contributed by atoms with Crippen LogP contribution in [0.4, 0.5) is 0 Å². The molecule has 1 N–H and O–H groups in total. The summed E-state index contributed by atoms with van der Waals surface area (Å²) in [6.45, 7) is 5.10. The molecule has 0 aromatic rings. The minimum Gasteiger partial charge on any atom is -0.481 e. The Morgan fingerprint density at radius 3 is 2.50 bits per heavy atom. The van der Waals surface area contributed by atoms with Crippen molar-refractivity contribution in [3.05, 3.63) is 0 Å². The van der Waals surface area contributed by atoms with Crippen LogP contribution in [-0.4, -0.2) is 35.0 Å². The van der Waals surface area contributed by atoms with Crippen LogP contribution in [0.15, 0.2) is 0 Å². The molecule has 4 heteroatoms. The predicted octanol–water partition coefficient (Wildman–Crippen LogP) is 1.99. The molecule has 0 bridgehead atoms. The first-order valence-corrected chi connectivity index (χ1v) is 7.06. The van der Waals surface area contributed by atoms with E-state index in [0.717, 1.165) is 25.7 Å². The third kappa shape index (κ3) is 2.68. The number of carboxylic acid groups (broad SMARTS) is 1. The summed E-state index contributed by atoms with van der Waals surface area (Å²) in [6, 6.07) is 0. The number of likely N-dealkylation sites (tertiary alicyclic amines) is 1. The van der Waals surface area contributed by atoms with Crippen LogP contribution in [-0.2, 0) is 9.59 Å². The van der Waals surface area contributed by atoms with Crippen molar-refractivity contribution in [2.45, 2.75) is 39.5 Å². The van der Waals surface area contributed by atoms with E-state index in [-0.39, 0.29) is 23.7 Å². The number of carbonyl (C=O) groups is 2. The molecule has 102 valence electrons. The van der Waals surface area contributed by atoms with Crippen molar-refractivity contribution in [1.82, 2.24) is 4.90 Å². The molecule has 1 saturated carbocycles. The molecule has 1 saturated heterocycles. The minimum atomic E-state index is -0.731.